The number of hydrogen-bond acceptors (Lipinski definition) is 3. The average molecular weight is 351 g/mol. The number of benzene rings is 1. The van der Waals surface area contributed by atoms with Gasteiger partial charge in [-0.1, -0.05) is 24.6 Å². The molecule has 0 spiro atoms. The zero-order valence-electron chi connectivity index (χ0n) is 13.9. The van der Waals surface area contributed by atoms with E-state index in [9.17, 15) is 9.59 Å². The topological polar surface area (TPSA) is 47.1 Å². The molecule has 0 radical (unpaired) electrons. The number of piperazine rings is 1. The van der Waals surface area contributed by atoms with Crippen LogP contribution >= 0.6 is 11.6 Å². The highest BCUT2D eigenvalue weighted by molar-refractivity contribution is 6.30. The first-order chi connectivity index (χ1) is 11.6. The molecule has 24 heavy (non-hydrogen) atoms. The fourth-order valence-corrected chi connectivity index (χ4v) is 3.37. The Morgan fingerprint density at radius 2 is 1.88 bits per heavy atom. The van der Waals surface area contributed by atoms with E-state index in [0.29, 0.717) is 18.1 Å². The van der Waals surface area contributed by atoms with Gasteiger partial charge in [0.1, 0.15) is 6.54 Å². The molecule has 2 aliphatic rings. The predicted octanol–water partition coefficient (Wildman–Crippen LogP) is 1.75. The normalized spacial score (nSPS) is 19.2. The summed E-state index contributed by atoms with van der Waals surface area (Å²) >= 11 is 6.00. The molecule has 0 N–H and O–H groups in total. The Kier molecular flexibility index (Phi) is 5.26. The van der Waals surface area contributed by atoms with Gasteiger partial charge in [0.05, 0.1) is 0 Å². The molecule has 0 aromatic heterocycles. The molecular weight excluding hydrogens is 328 g/mol. The Morgan fingerprint density at radius 3 is 2.54 bits per heavy atom. The lowest BCUT2D eigenvalue weighted by atomic mass is 10.3. The third-order valence-corrected chi connectivity index (χ3v) is 4.95. The van der Waals surface area contributed by atoms with E-state index in [1.165, 1.54) is 0 Å². The van der Waals surface area contributed by atoms with E-state index in [4.69, 9.17) is 11.6 Å². The van der Waals surface area contributed by atoms with Crippen LogP contribution < -0.4 is 4.90 Å². The number of carbonyl (C=O) groups is 2. The first kappa shape index (κ1) is 17.0. The van der Waals surface area contributed by atoms with Gasteiger partial charge in [0.15, 0.2) is 0 Å². The minimum atomic E-state index is -0.127. The fourth-order valence-electron chi connectivity index (χ4n) is 3.19. The molecule has 0 unspecified atom stereocenters. The minimum Gasteiger partial charge on any atom is -0.339 e. The van der Waals surface area contributed by atoms with Crippen LogP contribution in [0.25, 0.3) is 0 Å². The zero-order valence-corrected chi connectivity index (χ0v) is 14.7. The van der Waals surface area contributed by atoms with Gasteiger partial charge in [-0.05, 0) is 24.7 Å². The lowest BCUT2D eigenvalue weighted by molar-refractivity contribution is -0.133. The van der Waals surface area contributed by atoms with Crippen LogP contribution in [0.1, 0.15) is 6.92 Å². The van der Waals surface area contributed by atoms with Crippen molar-refractivity contribution >= 4 is 29.2 Å². The van der Waals surface area contributed by atoms with E-state index in [-0.39, 0.29) is 18.5 Å². The summed E-state index contributed by atoms with van der Waals surface area (Å²) in [6, 6.07) is 7.11. The number of urea groups is 1. The minimum absolute atomic E-state index is 0.0343. The number of halogens is 1. The Hall–Kier alpha value is -1.79. The zero-order chi connectivity index (χ0) is 17.1. The predicted molar refractivity (Wildman–Crippen MR) is 94.5 cm³/mol. The standard InChI is InChI=1S/C17H23ClN4O2/c1-2-19-6-8-20(9-7-19)16(23)13-21-10-11-22(17(21)24)15-5-3-4-14(18)12-15/h3-5,12H,2,6-11,13H2,1H3. The van der Waals surface area contributed by atoms with Crippen LogP contribution in [0.3, 0.4) is 0 Å². The van der Waals surface area contributed by atoms with Crippen LogP contribution in [0.2, 0.25) is 5.02 Å². The number of hydrogen-bond donors (Lipinski definition) is 0. The lowest BCUT2D eigenvalue weighted by Crippen LogP contribution is -2.51. The highest BCUT2D eigenvalue weighted by Crippen LogP contribution is 2.23. The summed E-state index contributed by atoms with van der Waals surface area (Å²) in [4.78, 5) is 32.5. The maximum absolute atomic E-state index is 12.6. The number of likely N-dealkylation sites (N-methyl/N-ethyl adjacent to an activating group) is 1. The molecule has 0 aliphatic carbocycles. The van der Waals surface area contributed by atoms with Crippen molar-refractivity contribution in [1.82, 2.24) is 14.7 Å². The SMILES string of the molecule is CCN1CCN(C(=O)CN2CCN(c3cccc(Cl)c3)C2=O)CC1. The van der Waals surface area contributed by atoms with Gasteiger partial charge < -0.3 is 14.7 Å². The largest absolute Gasteiger partial charge is 0.339 e. The third-order valence-electron chi connectivity index (χ3n) is 4.71. The van der Waals surface area contributed by atoms with Crippen molar-refractivity contribution in [3.8, 4) is 0 Å². The van der Waals surface area contributed by atoms with E-state index in [1.807, 2.05) is 17.0 Å². The van der Waals surface area contributed by atoms with Gasteiger partial charge >= 0.3 is 6.03 Å². The first-order valence-electron chi connectivity index (χ1n) is 8.40. The number of rotatable bonds is 4. The molecular formula is C17H23ClN4O2. The van der Waals surface area contributed by atoms with Gasteiger partial charge in [0, 0.05) is 50.0 Å². The lowest BCUT2D eigenvalue weighted by Gasteiger charge is -2.34. The molecule has 2 saturated heterocycles. The molecule has 2 aliphatic heterocycles. The summed E-state index contributed by atoms with van der Waals surface area (Å²) in [5, 5.41) is 0.601. The second kappa shape index (κ2) is 7.40. The van der Waals surface area contributed by atoms with Crippen LogP contribution in [-0.2, 0) is 4.79 Å². The molecule has 2 heterocycles. The van der Waals surface area contributed by atoms with Crippen LogP contribution in [-0.4, -0.2) is 79.0 Å². The van der Waals surface area contributed by atoms with Gasteiger partial charge in [-0.15, -0.1) is 0 Å². The maximum atomic E-state index is 12.6. The molecule has 2 fully saturated rings. The summed E-state index contributed by atoms with van der Waals surface area (Å²) in [5.41, 5.74) is 0.777. The van der Waals surface area contributed by atoms with Crippen molar-refractivity contribution in [3.63, 3.8) is 0 Å². The summed E-state index contributed by atoms with van der Waals surface area (Å²) in [6.07, 6.45) is 0. The van der Waals surface area contributed by atoms with Crippen molar-refractivity contribution in [3.05, 3.63) is 29.3 Å². The van der Waals surface area contributed by atoms with E-state index < -0.39 is 0 Å². The summed E-state index contributed by atoms with van der Waals surface area (Å²) in [7, 11) is 0. The Morgan fingerprint density at radius 1 is 1.12 bits per heavy atom. The molecule has 0 atom stereocenters. The van der Waals surface area contributed by atoms with Crippen molar-refractivity contribution in [2.75, 3.05) is 57.3 Å². The van der Waals surface area contributed by atoms with Gasteiger partial charge in [-0.3, -0.25) is 9.69 Å². The van der Waals surface area contributed by atoms with Crippen LogP contribution in [0, 0.1) is 0 Å². The van der Waals surface area contributed by atoms with Crippen molar-refractivity contribution in [2.45, 2.75) is 6.92 Å². The van der Waals surface area contributed by atoms with E-state index in [0.717, 1.165) is 38.4 Å². The molecule has 3 rings (SSSR count). The average Bonchev–Trinajstić information content (AvgIpc) is 2.95. The number of anilines is 1. The molecule has 0 bridgehead atoms. The van der Waals surface area contributed by atoms with E-state index >= 15 is 0 Å². The summed E-state index contributed by atoms with van der Waals surface area (Å²) < 4.78 is 0. The Labute approximate surface area is 147 Å². The highest BCUT2D eigenvalue weighted by Gasteiger charge is 2.32. The Bertz CT molecular complexity index is 616. The van der Waals surface area contributed by atoms with Crippen LogP contribution in [0.4, 0.5) is 10.5 Å². The third kappa shape index (κ3) is 3.65. The highest BCUT2D eigenvalue weighted by atomic mass is 35.5. The second-order valence-electron chi connectivity index (χ2n) is 6.15. The molecule has 7 heteroatoms. The maximum Gasteiger partial charge on any atom is 0.325 e. The number of amides is 3. The summed E-state index contributed by atoms with van der Waals surface area (Å²) in [6.45, 7) is 7.74. The second-order valence-corrected chi connectivity index (χ2v) is 6.59. The smallest absolute Gasteiger partial charge is 0.325 e. The summed E-state index contributed by atoms with van der Waals surface area (Å²) in [5.74, 6) is 0.0343. The number of carbonyl (C=O) groups excluding carboxylic acids is 2. The van der Waals surface area contributed by atoms with Crippen LogP contribution in [0.5, 0.6) is 0 Å². The molecule has 3 amide bonds. The molecule has 1 aromatic carbocycles. The van der Waals surface area contributed by atoms with E-state index in [2.05, 4.69) is 11.8 Å². The molecule has 6 nitrogen and oxygen atoms in total. The van der Waals surface area contributed by atoms with Crippen molar-refractivity contribution < 1.29 is 9.59 Å². The molecule has 0 saturated carbocycles. The van der Waals surface area contributed by atoms with Gasteiger partial charge in [0.2, 0.25) is 5.91 Å². The Balaban J connectivity index is 1.57. The quantitative estimate of drug-likeness (QED) is 0.831. The molecule has 130 valence electrons. The monoisotopic (exact) mass is 350 g/mol. The van der Waals surface area contributed by atoms with Gasteiger partial charge in [0.25, 0.3) is 0 Å². The first-order valence-corrected chi connectivity index (χ1v) is 8.78. The van der Waals surface area contributed by atoms with Gasteiger partial charge in [-0.2, -0.15) is 0 Å². The van der Waals surface area contributed by atoms with Crippen LogP contribution in [0.15, 0.2) is 24.3 Å². The van der Waals surface area contributed by atoms with E-state index in [1.54, 1.807) is 21.9 Å². The molecule has 1 aromatic rings. The fraction of sp³-hybridized carbons (Fsp3) is 0.529. The number of nitrogens with zero attached hydrogens (tertiary/aromatic N) is 4. The van der Waals surface area contributed by atoms with Gasteiger partial charge in [-0.25, -0.2) is 4.79 Å². The van der Waals surface area contributed by atoms with Crippen molar-refractivity contribution in [2.24, 2.45) is 0 Å². The van der Waals surface area contributed by atoms with Crippen molar-refractivity contribution in [1.29, 1.82) is 0 Å².